The first kappa shape index (κ1) is 14.6. The van der Waals surface area contributed by atoms with E-state index >= 15 is 0 Å². The molecule has 1 amide bonds. The Morgan fingerprint density at radius 3 is 2.67 bits per heavy atom. The van der Waals surface area contributed by atoms with E-state index < -0.39 is 16.5 Å². The van der Waals surface area contributed by atoms with Gasteiger partial charge in [0.2, 0.25) is 0 Å². The van der Waals surface area contributed by atoms with Gasteiger partial charge in [0.15, 0.2) is 0 Å². The minimum atomic E-state index is -0.685. The van der Waals surface area contributed by atoms with Crippen molar-refractivity contribution in [3.63, 3.8) is 0 Å². The predicted octanol–water partition coefficient (Wildman–Crippen LogP) is 3.48. The Hall–Kier alpha value is -2.84. The van der Waals surface area contributed by atoms with Crippen LogP contribution in [0.5, 0.6) is 0 Å². The Balaban J connectivity index is 2.35. The first-order valence-corrected chi connectivity index (χ1v) is 6.21. The summed E-state index contributed by atoms with van der Waals surface area (Å²) in [6.07, 6.45) is 5.27. The quantitative estimate of drug-likeness (QED) is 0.536. The van der Waals surface area contributed by atoms with E-state index in [-0.39, 0.29) is 10.6 Å². The molecule has 0 unspecified atom stereocenters. The zero-order chi connectivity index (χ0) is 15.4. The number of terminal acetylenes is 1. The maximum atomic E-state index is 12.2. The number of para-hydroxylation sites is 1. The van der Waals surface area contributed by atoms with E-state index in [1.807, 2.05) is 0 Å². The number of hydrogen-bond donors (Lipinski definition) is 1. The van der Waals surface area contributed by atoms with E-state index in [9.17, 15) is 14.9 Å². The second-order valence-electron chi connectivity index (χ2n) is 4.07. The molecule has 0 aliphatic rings. The van der Waals surface area contributed by atoms with E-state index in [1.165, 1.54) is 18.2 Å². The maximum absolute atomic E-state index is 12.2. The summed E-state index contributed by atoms with van der Waals surface area (Å²) in [7, 11) is 0. The highest BCUT2D eigenvalue weighted by atomic mass is 35.5. The number of nitro benzene ring substituents is 1. The Bertz CT molecular complexity index is 766. The Morgan fingerprint density at radius 2 is 2.00 bits per heavy atom. The molecule has 2 aromatic carbocycles. The highest BCUT2D eigenvalue weighted by molar-refractivity contribution is 6.33. The fraction of sp³-hybridized carbons (Fsp3) is 0. The van der Waals surface area contributed by atoms with Crippen molar-refractivity contribution in [2.45, 2.75) is 0 Å². The molecule has 2 rings (SSSR count). The Morgan fingerprint density at radius 1 is 1.29 bits per heavy atom. The molecule has 0 saturated heterocycles. The van der Waals surface area contributed by atoms with Crippen LogP contribution in [0.1, 0.15) is 15.9 Å². The molecule has 1 N–H and O–H groups in total. The van der Waals surface area contributed by atoms with Crippen molar-refractivity contribution in [1.82, 2.24) is 0 Å². The van der Waals surface area contributed by atoms with Crippen LogP contribution in [-0.4, -0.2) is 10.8 Å². The Kier molecular flexibility index (Phi) is 4.21. The zero-order valence-electron chi connectivity index (χ0n) is 10.7. The molecule has 0 atom stereocenters. The van der Waals surface area contributed by atoms with E-state index in [0.29, 0.717) is 11.3 Å². The minimum Gasteiger partial charge on any atom is -0.322 e. The van der Waals surface area contributed by atoms with Crippen molar-refractivity contribution in [3.8, 4) is 12.3 Å². The summed E-state index contributed by atoms with van der Waals surface area (Å²) in [6, 6.07) is 10.8. The third-order valence-electron chi connectivity index (χ3n) is 2.70. The van der Waals surface area contributed by atoms with Gasteiger partial charge in [-0.3, -0.25) is 14.9 Å². The molecule has 21 heavy (non-hydrogen) atoms. The number of nitro groups is 1. The first-order valence-electron chi connectivity index (χ1n) is 5.84. The van der Waals surface area contributed by atoms with Crippen molar-refractivity contribution >= 4 is 28.9 Å². The minimum absolute atomic E-state index is 0.0926. The average molecular weight is 301 g/mol. The Labute approximate surface area is 125 Å². The van der Waals surface area contributed by atoms with Crippen molar-refractivity contribution in [2.75, 3.05) is 5.32 Å². The van der Waals surface area contributed by atoms with Gasteiger partial charge in [0.25, 0.3) is 5.91 Å². The lowest BCUT2D eigenvalue weighted by atomic mass is 10.1. The molecule has 0 bridgehead atoms. The van der Waals surface area contributed by atoms with Crippen LogP contribution in [0.3, 0.4) is 0 Å². The second-order valence-corrected chi connectivity index (χ2v) is 4.48. The van der Waals surface area contributed by atoms with Crippen molar-refractivity contribution in [1.29, 1.82) is 0 Å². The third kappa shape index (κ3) is 3.19. The van der Waals surface area contributed by atoms with Gasteiger partial charge in [-0.25, -0.2) is 0 Å². The van der Waals surface area contributed by atoms with Crippen LogP contribution in [0.25, 0.3) is 0 Å². The molecular weight excluding hydrogens is 292 g/mol. The highest BCUT2D eigenvalue weighted by Gasteiger charge is 2.23. The number of hydrogen-bond acceptors (Lipinski definition) is 3. The van der Waals surface area contributed by atoms with Crippen molar-refractivity contribution in [2.24, 2.45) is 0 Å². The molecular formula is C15H9ClN2O3. The fourth-order valence-corrected chi connectivity index (χ4v) is 2.01. The second kappa shape index (κ2) is 6.07. The molecule has 0 spiro atoms. The van der Waals surface area contributed by atoms with Crippen molar-refractivity contribution in [3.05, 3.63) is 68.7 Å². The number of anilines is 1. The molecule has 0 heterocycles. The molecule has 0 aliphatic heterocycles. The molecule has 5 nitrogen and oxygen atoms in total. The number of carbonyl (C=O) groups excluding carboxylic acids is 1. The fourth-order valence-electron chi connectivity index (χ4n) is 1.77. The topological polar surface area (TPSA) is 72.2 Å². The van der Waals surface area contributed by atoms with E-state index in [1.54, 1.807) is 24.3 Å². The monoisotopic (exact) mass is 300 g/mol. The summed E-state index contributed by atoms with van der Waals surface area (Å²) in [5, 5.41) is 13.5. The summed E-state index contributed by atoms with van der Waals surface area (Å²) in [6.45, 7) is 0. The zero-order valence-corrected chi connectivity index (χ0v) is 11.4. The van der Waals surface area contributed by atoms with Crippen LogP contribution < -0.4 is 5.32 Å². The maximum Gasteiger partial charge on any atom is 0.300 e. The first-order chi connectivity index (χ1) is 10.0. The summed E-state index contributed by atoms with van der Waals surface area (Å²) >= 11 is 5.77. The molecule has 104 valence electrons. The van der Waals surface area contributed by atoms with Crippen LogP contribution in [0.4, 0.5) is 11.4 Å². The van der Waals surface area contributed by atoms with Gasteiger partial charge in [0.1, 0.15) is 10.6 Å². The van der Waals surface area contributed by atoms with Crippen LogP contribution in [0.2, 0.25) is 5.02 Å². The van der Waals surface area contributed by atoms with Gasteiger partial charge < -0.3 is 5.32 Å². The van der Waals surface area contributed by atoms with Gasteiger partial charge in [-0.2, -0.15) is 0 Å². The average Bonchev–Trinajstić information content (AvgIpc) is 2.46. The lowest BCUT2D eigenvalue weighted by molar-refractivity contribution is -0.385. The van der Waals surface area contributed by atoms with Crippen LogP contribution >= 0.6 is 11.6 Å². The van der Waals surface area contributed by atoms with Gasteiger partial charge >= 0.3 is 5.69 Å². The number of benzene rings is 2. The highest BCUT2D eigenvalue weighted by Crippen LogP contribution is 2.28. The molecule has 0 saturated carbocycles. The molecule has 0 aromatic heterocycles. The molecule has 2 aromatic rings. The van der Waals surface area contributed by atoms with E-state index in [4.69, 9.17) is 18.0 Å². The number of amides is 1. The normalized spacial score (nSPS) is 9.71. The summed E-state index contributed by atoms with van der Waals surface area (Å²) in [4.78, 5) is 22.5. The van der Waals surface area contributed by atoms with Gasteiger partial charge in [0, 0.05) is 11.3 Å². The van der Waals surface area contributed by atoms with Gasteiger partial charge in [-0.1, -0.05) is 29.7 Å². The molecule has 0 radical (unpaired) electrons. The summed E-state index contributed by atoms with van der Waals surface area (Å²) in [5.74, 6) is 1.81. The third-order valence-corrected chi connectivity index (χ3v) is 3.01. The predicted molar refractivity (Wildman–Crippen MR) is 80.4 cm³/mol. The van der Waals surface area contributed by atoms with E-state index in [0.717, 1.165) is 0 Å². The summed E-state index contributed by atoms with van der Waals surface area (Å²) in [5.41, 5.74) is 0.501. The van der Waals surface area contributed by atoms with Gasteiger partial charge in [-0.05, 0) is 30.3 Å². The SMILES string of the molecule is C#Cc1cccc(NC(=O)c2cccc(Cl)c2[N+](=O)[O-])c1. The van der Waals surface area contributed by atoms with Gasteiger partial charge in [0.05, 0.1) is 4.92 Å². The number of nitrogens with one attached hydrogen (secondary N) is 1. The van der Waals surface area contributed by atoms with Crippen LogP contribution in [0, 0.1) is 22.5 Å². The summed E-state index contributed by atoms with van der Waals surface area (Å²) < 4.78 is 0. The number of nitrogens with zero attached hydrogens (tertiary/aromatic N) is 1. The largest absolute Gasteiger partial charge is 0.322 e. The van der Waals surface area contributed by atoms with Crippen LogP contribution in [-0.2, 0) is 0 Å². The molecule has 6 heteroatoms. The van der Waals surface area contributed by atoms with Gasteiger partial charge in [-0.15, -0.1) is 6.42 Å². The van der Waals surface area contributed by atoms with Crippen molar-refractivity contribution < 1.29 is 9.72 Å². The number of rotatable bonds is 3. The smallest absolute Gasteiger partial charge is 0.300 e. The number of carbonyl (C=O) groups is 1. The molecule has 0 fully saturated rings. The van der Waals surface area contributed by atoms with E-state index in [2.05, 4.69) is 11.2 Å². The molecule has 0 aliphatic carbocycles. The number of halogens is 1. The lowest BCUT2D eigenvalue weighted by Gasteiger charge is -2.07. The standard InChI is InChI=1S/C15H9ClN2O3/c1-2-10-5-3-6-11(9-10)17-15(19)12-7-4-8-13(16)14(12)18(20)21/h1,3-9H,(H,17,19). The van der Waals surface area contributed by atoms with Crippen LogP contribution in [0.15, 0.2) is 42.5 Å². The lowest BCUT2D eigenvalue weighted by Crippen LogP contribution is -2.14.